The highest BCUT2D eigenvalue weighted by atomic mass is 31.1. The molecule has 2 heterocycles. The second-order valence-corrected chi connectivity index (χ2v) is 17.7. The largest absolute Gasteiger partial charge is 0.212 e. The summed E-state index contributed by atoms with van der Waals surface area (Å²) in [5, 5.41) is 13.9. The first-order valence-corrected chi connectivity index (χ1v) is 21.4. The van der Waals surface area contributed by atoms with Gasteiger partial charge < -0.3 is 0 Å². The maximum Gasteiger partial charge on any atom is 0.212 e. The molecule has 246 valence electrons. The molecular weight excluding hydrogens is 666 g/mol. The average molecular weight is 703 g/mol. The molecule has 2 unspecified atom stereocenters. The normalized spacial score (nSPS) is 12.3. The third-order valence-electron chi connectivity index (χ3n) is 10.7. The van der Waals surface area contributed by atoms with Crippen LogP contribution < -0.4 is 19.9 Å². The molecule has 0 fully saturated rings. The molecule has 4 heteroatoms. The van der Waals surface area contributed by atoms with Crippen LogP contribution in [0.5, 0.6) is 0 Å². The summed E-state index contributed by atoms with van der Waals surface area (Å²) in [4.78, 5) is 0. The van der Waals surface area contributed by atoms with Gasteiger partial charge in [-0.15, -0.1) is 15.1 Å². The minimum Gasteiger partial charge on any atom is -0.154 e. The minimum atomic E-state index is -0.570. The van der Waals surface area contributed by atoms with E-state index in [0.717, 1.165) is 22.7 Å². The Kier molecular flexibility index (Phi) is 7.43. The van der Waals surface area contributed by atoms with Crippen molar-refractivity contribution < 1.29 is 0 Å². The molecule has 0 N–H and O–H groups in total. The first-order chi connectivity index (χ1) is 25.7. The molecule has 6 aromatic carbocycles. The molecule has 0 amide bonds. The number of nitrogens with zero attached hydrogens (tertiary/aromatic N) is 2. The molecule has 2 aliphatic carbocycles. The Morgan fingerprint density at radius 3 is 1.00 bits per heavy atom. The van der Waals surface area contributed by atoms with E-state index in [4.69, 9.17) is 0 Å². The van der Waals surface area contributed by atoms with Crippen LogP contribution in [-0.2, 0) is 13.3 Å². The second kappa shape index (κ2) is 12.5. The van der Waals surface area contributed by atoms with Crippen molar-refractivity contribution in [2.75, 3.05) is 0 Å². The van der Waals surface area contributed by atoms with Crippen LogP contribution >= 0.6 is 15.1 Å². The van der Waals surface area contributed by atoms with E-state index < -0.39 is 15.1 Å². The number of para-hydroxylation sites is 4. The number of hydrogen-bond donors (Lipinski definition) is 0. The molecule has 0 aromatic heterocycles. The van der Waals surface area contributed by atoms with Crippen molar-refractivity contribution >= 4 is 69.6 Å². The van der Waals surface area contributed by atoms with Gasteiger partial charge in [-0.05, 0) is 59.5 Å². The maximum absolute atomic E-state index is 2.46. The van der Waals surface area contributed by atoms with Gasteiger partial charge in [0, 0.05) is 104 Å². The quantitative estimate of drug-likeness (QED) is 0.0978. The molecule has 10 rings (SSSR count). The predicted molar refractivity (Wildman–Crippen MR) is 226 cm³/mol. The second-order valence-electron chi connectivity index (χ2n) is 13.5. The summed E-state index contributed by atoms with van der Waals surface area (Å²) in [7, 11) is -1.14. The van der Waals surface area contributed by atoms with Crippen molar-refractivity contribution in [2.24, 2.45) is 13.3 Å². The molecule has 6 aromatic rings. The zero-order valence-corrected chi connectivity index (χ0v) is 30.9. The van der Waals surface area contributed by atoms with Gasteiger partial charge in [-0.25, -0.2) is 0 Å². The summed E-state index contributed by atoms with van der Waals surface area (Å²) in [6.07, 6.45) is 0. The summed E-state index contributed by atoms with van der Waals surface area (Å²) in [6.45, 7) is 4.92. The number of benzene rings is 8. The van der Waals surface area contributed by atoms with Crippen LogP contribution in [0.4, 0.5) is 22.7 Å². The van der Waals surface area contributed by atoms with Gasteiger partial charge in [0.25, 0.3) is 0 Å². The number of hydrogen-bond acceptors (Lipinski definition) is 0. The molecule has 52 heavy (non-hydrogen) atoms. The highest BCUT2D eigenvalue weighted by Crippen LogP contribution is 2.57. The van der Waals surface area contributed by atoms with E-state index in [1.807, 2.05) is 0 Å². The molecule has 2 aliphatic heterocycles. The van der Waals surface area contributed by atoms with Crippen molar-refractivity contribution in [1.82, 2.24) is 9.15 Å². The van der Waals surface area contributed by atoms with Crippen molar-refractivity contribution in [3.05, 3.63) is 193 Å². The van der Waals surface area contributed by atoms with Crippen LogP contribution in [0, 0.1) is 0 Å². The van der Waals surface area contributed by atoms with Crippen LogP contribution in [0.2, 0.25) is 0 Å². The van der Waals surface area contributed by atoms with E-state index in [0.29, 0.717) is 0 Å². The van der Waals surface area contributed by atoms with Gasteiger partial charge in [0.1, 0.15) is 0 Å². The highest BCUT2D eigenvalue weighted by molar-refractivity contribution is 7.58. The standard InChI is InChI=1S/C48H36N2P2/c1-51-43-29-30-44-48-42(40-26-24-38(32-46(40)52(44)2)50(35-19-11-5-12-20-35)36-21-13-6-14-22-36)28-27-41(47(43)48)39-25-23-37(31-45(39)51)49(33-15-7-3-8-16-33)34-17-9-4-10-18-34/h3-32H,1-2H3/q+2. The molecule has 0 bridgehead atoms. The maximum atomic E-state index is 2.46. The monoisotopic (exact) mass is 702 g/mol. The van der Waals surface area contributed by atoms with Gasteiger partial charge in [0.15, 0.2) is 0 Å². The predicted octanol–water partition coefficient (Wildman–Crippen LogP) is 12.7. The zero-order chi connectivity index (χ0) is 34.8. The summed E-state index contributed by atoms with van der Waals surface area (Å²) >= 11 is 0. The third-order valence-corrected chi connectivity index (χ3v) is 15.1. The minimum absolute atomic E-state index is 0.570. The van der Waals surface area contributed by atoms with Crippen LogP contribution in [-0.4, -0.2) is 0 Å². The Bertz CT molecular complexity index is 2710. The van der Waals surface area contributed by atoms with Crippen LogP contribution in [0.25, 0.3) is 53.5 Å². The zero-order valence-electron chi connectivity index (χ0n) is 29.1. The summed E-state index contributed by atoms with van der Waals surface area (Å²) < 4.78 is 4.76. The average Bonchev–Trinajstić information content (AvgIpc) is 3.21. The number of rotatable bonds is 4. The van der Waals surface area contributed by atoms with E-state index >= 15 is 0 Å². The van der Waals surface area contributed by atoms with Gasteiger partial charge in [0.2, 0.25) is 33.5 Å². The van der Waals surface area contributed by atoms with E-state index in [9.17, 15) is 0 Å². The smallest absolute Gasteiger partial charge is 0.154 e. The Hall–Kier alpha value is -5.78. The molecule has 0 saturated heterocycles. The summed E-state index contributed by atoms with van der Waals surface area (Å²) in [5.74, 6) is 0. The molecule has 2 atom stereocenters. The lowest BCUT2D eigenvalue weighted by Crippen LogP contribution is -2.21. The van der Waals surface area contributed by atoms with Gasteiger partial charge >= 0.3 is 0 Å². The number of fused-ring (bicyclic) bond motifs is 4. The topological polar surface area (TPSA) is 6.02 Å². The van der Waals surface area contributed by atoms with E-state index in [-0.39, 0.29) is 0 Å². The van der Waals surface area contributed by atoms with Crippen molar-refractivity contribution in [2.45, 2.75) is 0 Å². The Morgan fingerprint density at radius 1 is 0.346 bits per heavy atom. The Labute approximate surface area is 305 Å². The Morgan fingerprint density at radius 2 is 0.673 bits per heavy atom. The fourth-order valence-electron chi connectivity index (χ4n) is 8.26. The summed E-state index contributed by atoms with van der Waals surface area (Å²) in [6, 6.07) is 67.0. The van der Waals surface area contributed by atoms with Gasteiger partial charge in [-0.1, -0.05) is 84.9 Å². The van der Waals surface area contributed by atoms with Gasteiger partial charge in [0.05, 0.1) is 0 Å². The van der Waals surface area contributed by atoms with E-state index in [2.05, 4.69) is 204 Å². The molecule has 0 radical (unpaired) electrons. The molecule has 0 spiro atoms. The van der Waals surface area contributed by atoms with Crippen LogP contribution in [0.15, 0.2) is 182 Å². The van der Waals surface area contributed by atoms with Gasteiger partial charge in [-0.2, -0.15) is 9.15 Å². The molecular formula is C48H36N2P2+2. The lowest BCUT2D eigenvalue weighted by atomic mass is 9.95. The fraction of sp³-hybridized carbons (Fsp3) is 0.0417. The molecule has 0 saturated carbocycles. The molecule has 4 aliphatic rings. The molecule has 2 nitrogen and oxygen atoms in total. The first kappa shape index (κ1) is 31.0. The van der Waals surface area contributed by atoms with Gasteiger partial charge in [-0.3, -0.25) is 0 Å². The van der Waals surface area contributed by atoms with Crippen molar-refractivity contribution in [3.63, 3.8) is 0 Å². The number of aryl methyl sites for hydroxylation is 2. The first-order valence-electron chi connectivity index (χ1n) is 17.8. The summed E-state index contributed by atoms with van der Waals surface area (Å²) in [5.41, 5.74) is 7.40. The van der Waals surface area contributed by atoms with E-state index in [1.165, 1.54) is 64.2 Å². The van der Waals surface area contributed by atoms with Crippen molar-refractivity contribution in [1.29, 1.82) is 0 Å². The fourth-order valence-corrected chi connectivity index (χ4v) is 12.3. The third kappa shape index (κ3) is 4.87. The lowest BCUT2D eigenvalue weighted by molar-refractivity contribution is 0.978. The van der Waals surface area contributed by atoms with Crippen molar-refractivity contribution in [3.8, 4) is 21.7 Å². The highest BCUT2D eigenvalue weighted by Gasteiger charge is 2.24. The van der Waals surface area contributed by atoms with Crippen LogP contribution in [0.1, 0.15) is 0 Å². The SMILES string of the molecule is Cp1c2cc(=[N+](c3ccccc3)c3ccccc3)ccc-2c2ccc3c4ccc(=[N+](c5ccccc5)c5ccccc5)cc-4p(C)c4ccc1c2c34. The Balaban J connectivity index is 1.26. The van der Waals surface area contributed by atoms with Crippen LogP contribution in [0.3, 0.4) is 0 Å². The van der Waals surface area contributed by atoms with E-state index in [1.54, 1.807) is 0 Å². The lowest BCUT2D eigenvalue weighted by Gasteiger charge is -2.23.